The number of anilines is 5. The Balaban J connectivity index is 1.03. The first-order valence-corrected chi connectivity index (χ1v) is 21.1. The number of allylic oxidation sites excluding steroid dienone is 2. The van der Waals surface area contributed by atoms with Crippen molar-refractivity contribution < 1.29 is 0 Å². The Kier molecular flexibility index (Phi) is 9.62. The molecule has 0 saturated heterocycles. The number of para-hydroxylation sites is 1. The van der Waals surface area contributed by atoms with Crippen LogP contribution in [0.15, 0.2) is 224 Å². The SMILES string of the molecule is CC1C=C(c2ccccc2)C=CC1N(c1ccccc1)c1ccc2c(c1)C(C)(C)c1cc(N(c3ccc(-c4ccccc4)cc3)c3ccc(-c4ccccc4)cc3)ccc1-2. The Morgan fingerprint density at radius 2 is 0.817 bits per heavy atom. The van der Waals surface area contributed by atoms with Crippen molar-refractivity contribution in [2.45, 2.75) is 32.2 Å². The van der Waals surface area contributed by atoms with Crippen molar-refractivity contribution in [2.75, 3.05) is 9.80 Å². The predicted octanol–water partition coefficient (Wildman–Crippen LogP) is 15.6. The molecule has 60 heavy (non-hydrogen) atoms. The van der Waals surface area contributed by atoms with Crippen LogP contribution in [0.3, 0.4) is 0 Å². The van der Waals surface area contributed by atoms with Gasteiger partial charge >= 0.3 is 0 Å². The maximum atomic E-state index is 2.53. The monoisotopic (exact) mass is 772 g/mol. The quantitative estimate of drug-likeness (QED) is 0.144. The summed E-state index contributed by atoms with van der Waals surface area (Å²) in [5.41, 5.74) is 18.2. The van der Waals surface area contributed by atoms with Crippen LogP contribution in [0.4, 0.5) is 28.4 Å². The number of fused-ring (bicyclic) bond motifs is 3. The Labute approximate surface area is 355 Å². The van der Waals surface area contributed by atoms with E-state index in [1.807, 2.05) is 0 Å². The summed E-state index contributed by atoms with van der Waals surface area (Å²) in [6.45, 7) is 7.13. The van der Waals surface area contributed by atoms with E-state index < -0.39 is 0 Å². The molecule has 2 aliphatic carbocycles. The average molecular weight is 773 g/mol. The summed E-state index contributed by atoms with van der Waals surface area (Å²) in [6, 6.07) is 75.2. The van der Waals surface area contributed by atoms with E-state index in [-0.39, 0.29) is 11.5 Å². The van der Waals surface area contributed by atoms with Crippen LogP contribution >= 0.6 is 0 Å². The van der Waals surface area contributed by atoms with E-state index in [0.29, 0.717) is 5.92 Å². The Bertz CT molecular complexity index is 2740. The Morgan fingerprint density at radius 1 is 0.400 bits per heavy atom. The number of hydrogen-bond donors (Lipinski definition) is 0. The highest BCUT2D eigenvalue weighted by Crippen LogP contribution is 2.52. The highest BCUT2D eigenvalue weighted by Gasteiger charge is 2.37. The third kappa shape index (κ3) is 6.84. The number of nitrogens with zero attached hydrogens (tertiary/aromatic N) is 2. The molecular weight excluding hydrogens is 725 g/mol. The number of benzene rings is 8. The molecule has 0 spiro atoms. The van der Waals surface area contributed by atoms with Crippen LogP contribution in [0.5, 0.6) is 0 Å². The third-order valence-electron chi connectivity index (χ3n) is 12.5. The minimum atomic E-state index is -0.229. The molecule has 0 bridgehead atoms. The van der Waals surface area contributed by atoms with Crippen molar-refractivity contribution in [1.82, 2.24) is 0 Å². The highest BCUT2D eigenvalue weighted by atomic mass is 15.2. The van der Waals surface area contributed by atoms with Crippen LogP contribution in [0.25, 0.3) is 39.0 Å². The first-order chi connectivity index (χ1) is 29.4. The normalized spacial score (nSPS) is 16.1. The molecule has 0 heterocycles. The molecule has 10 rings (SSSR count). The van der Waals surface area contributed by atoms with Crippen molar-refractivity contribution in [2.24, 2.45) is 5.92 Å². The molecule has 0 radical (unpaired) electrons. The average Bonchev–Trinajstić information content (AvgIpc) is 3.53. The Morgan fingerprint density at radius 3 is 1.32 bits per heavy atom. The lowest BCUT2D eigenvalue weighted by Crippen LogP contribution is -2.35. The summed E-state index contributed by atoms with van der Waals surface area (Å²) >= 11 is 0. The zero-order valence-corrected chi connectivity index (χ0v) is 34.4. The van der Waals surface area contributed by atoms with Gasteiger partial charge in [-0.05, 0) is 122 Å². The zero-order chi connectivity index (χ0) is 40.6. The van der Waals surface area contributed by atoms with Gasteiger partial charge in [0.15, 0.2) is 0 Å². The molecule has 2 nitrogen and oxygen atoms in total. The molecule has 0 fully saturated rings. The molecule has 0 aliphatic heterocycles. The maximum absolute atomic E-state index is 2.53. The van der Waals surface area contributed by atoms with Crippen LogP contribution in [0.1, 0.15) is 37.5 Å². The molecule has 290 valence electrons. The molecule has 2 heteroatoms. The molecule has 2 unspecified atom stereocenters. The van der Waals surface area contributed by atoms with E-state index in [1.165, 1.54) is 67.0 Å². The zero-order valence-electron chi connectivity index (χ0n) is 34.4. The van der Waals surface area contributed by atoms with Gasteiger partial charge in [0.05, 0.1) is 6.04 Å². The lowest BCUT2D eigenvalue weighted by Gasteiger charge is -2.37. The van der Waals surface area contributed by atoms with E-state index in [9.17, 15) is 0 Å². The lowest BCUT2D eigenvalue weighted by atomic mass is 9.82. The minimum Gasteiger partial charge on any atom is -0.334 e. The van der Waals surface area contributed by atoms with E-state index >= 15 is 0 Å². The summed E-state index contributed by atoms with van der Waals surface area (Å²) in [4.78, 5) is 4.93. The lowest BCUT2D eigenvalue weighted by molar-refractivity contribution is 0.610. The van der Waals surface area contributed by atoms with Gasteiger partial charge in [-0.3, -0.25) is 0 Å². The molecule has 0 aromatic heterocycles. The highest BCUT2D eigenvalue weighted by molar-refractivity contribution is 5.88. The van der Waals surface area contributed by atoms with Crippen LogP contribution in [-0.2, 0) is 5.41 Å². The Hall–Kier alpha value is -7.16. The van der Waals surface area contributed by atoms with Crippen molar-refractivity contribution >= 4 is 34.0 Å². The third-order valence-corrected chi connectivity index (χ3v) is 12.5. The van der Waals surface area contributed by atoms with Gasteiger partial charge in [0.1, 0.15) is 0 Å². The second-order valence-electron chi connectivity index (χ2n) is 16.6. The second kappa shape index (κ2) is 15.5. The van der Waals surface area contributed by atoms with Gasteiger partial charge in [0, 0.05) is 33.9 Å². The molecule has 2 aliphatic rings. The standard InChI is InChI=1S/C58H48N2/c1-41-38-47(44-20-12-6-13-21-44)28-37-57(41)60(48-22-14-7-15-23-48)52-34-36-54-53-35-33-51(39-55(53)58(2,3)56(54)40-52)59(49-29-24-45(25-30-49)42-16-8-4-9-17-42)50-31-26-46(27-32-50)43-18-10-5-11-19-43/h4-41,57H,1-3H3. The molecule has 0 N–H and O–H groups in total. The van der Waals surface area contributed by atoms with Crippen molar-refractivity contribution in [3.8, 4) is 33.4 Å². The fourth-order valence-electron chi connectivity index (χ4n) is 9.36. The molecule has 0 amide bonds. The molecule has 0 saturated carbocycles. The predicted molar refractivity (Wildman–Crippen MR) is 255 cm³/mol. The summed E-state index contributed by atoms with van der Waals surface area (Å²) in [5, 5.41) is 0. The van der Waals surface area contributed by atoms with Gasteiger partial charge in [-0.15, -0.1) is 0 Å². The summed E-state index contributed by atoms with van der Waals surface area (Å²) in [6.07, 6.45) is 7.13. The summed E-state index contributed by atoms with van der Waals surface area (Å²) < 4.78 is 0. The smallest absolute Gasteiger partial charge is 0.0585 e. The van der Waals surface area contributed by atoms with Crippen LogP contribution < -0.4 is 9.80 Å². The van der Waals surface area contributed by atoms with E-state index in [1.54, 1.807) is 0 Å². The van der Waals surface area contributed by atoms with Crippen molar-refractivity contribution in [3.63, 3.8) is 0 Å². The molecular formula is C58H48N2. The topological polar surface area (TPSA) is 6.48 Å². The van der Waals surface area contributed by atoms with Crippen molar-refractivity contribution in [3.05, 3.63) is 241 Å². The largest absolute Gasteiger partial charge is 0.334 e. The fraction of sp³-hybridized carbons (Fsp3) is 0.103. The molecule has 2 atom stereocenters. The van der Waals surface area contributed by atoms with E-state index in [2.05, 4.69) is 255 Å². The van der Waals surface area contributed by atoms with Crippen LogP contribution in [-0.4, -0.2) is 6.04 Å². The van der Waals surface area contributed by atoms with Gasteiger partial charge in [0.25, 0.3) is 0 Å². The van der Waals surface area contributed by atoms with E-state index in [0.717, 1.165) is 17.1 Å². The van der Waals surface area contributed by atoms with Crippen LogP contribution in [0.2, 0.25) is 0 Å². The first kappa shape index (κ1) is 37.1. The molecule has 8 aromatic rings. The molecule has 8 aromatic carbocycles. The number of hydrogen-bond acceptors (Lipinski definition) is 2. The fourth-order valence-corrected chi connectivity index (χ4v) is 9.36. The number of rotatable bonds is 9. The van der Waals surface area contributed by atoms with Crippen LogP contribution in [0, 0.1) is 5.92 Å². The van der Waals surface area contributed by atoms with Crippen molar-refractivity contribution in [1.29, 1.82) is 0 Å². The van der Waals surface area contributed by atoms with Gasteiger partial charge in [-0.1, -0.05) is 185 Å². The second-order valence-corrected chi connectivity index (χ2v) is 16.6. The maximum Gasteiger partial charge on any atom is 0.0585 e. The first-order valence-electron chi connectivity index (χ1n) is 21.1. The summed E-state index contributed by atoms with van der Waals surface area (Å²) in [7, 11) is 0. The van der Waals surface area contributed by atoms with Gasteiger partial charge in [-0.2, -0.15) is 0 Å². The van der Waals surface area contributed by atoms with E-state index in [4.69, 9.17) is 0 Å². The van der Waals surface area contributed by atoms with Gasteiger partial charge in [0.2, 0.25) is 0 Å². The minimum absolute atomic E-state index is 0.159. The van der Waals surface area contributed by atoms with Gasteiger partial charge < -0.3 is 9.80 Å². The van der Waals surface area contributed by atoms with Gasteiger partial charge in [-0.25, -0.2) is 0 Å². The summed E-state index contributed by atoms with van der Waals surface area (Å²) in [5.74, 6) is 0.293.